The van der Waals surface area contributed by atoms with Crippen LogP contribution in [0.15, 0.2) is 0 Å². The lowest BCUT2D eigenvalue weighted by molar-refractivity contribution is -0.141. The third-order valence-electron chi connectivity index (χ3n) is 3.92. The summed E-state index contributed by atoms with van der Waals surface area (Å²) >= 11 is 1.60. The van der Waals surface area contributed by atoms with Crippen LogP contribution in [0.25, 0.3) is 0 Å². The molecule has 3 atom stereocenters. The zero-order chi connectivity index (χ0) is 13.3. The molecular formula is C12H20N2O3S. The first kappa shape index (κ1) is 13.5. The molecule has 0 aromatic heterocycles. The first-order chi connectivity index (χ1) is 8.50. The lowest BCUT2D eigenvalue weighted by Crippen LogP contribution is -2.54. The number of likely N-dealkylation sites (tertiary alicyclic amines) is 1. The Morgan fingerprint density at radius 3 is 2.39 bits per heavy atom. The molecule has 2 amide bonds. The van der Waals surface area contributed by atoms with Gasteiger partial charge in [0.05, 0.1) is 0 Å². The van der Waals surface area contributed by atoms with Gasteiger partial charge >= 0.3 is 12.0 Å². The fraction of sp³-hybridized carbons (Fsp3) is 0.833. The minimum absolute atomic E-state index is 0.0982. The molecule has 102 valence electrons. The van der Waals surface area contributed by atoms with Crippen LogP contribution >= 0.6 is 11.8 Å². The predicted molar refractivity (Wildman–Crippen MR) is 70.8 cm³/mol. The minimum Gasteiger partial charge on any atom is -0.480 e. The molecule has 0 spiro atoms. The highest BCUT2D eigenvalue weighted by Gasteiger charge is 2.38. The van der Waals surface area contributed by atoms with Crippen LogP contribution in [-0.2, 0) is 4.79 Å². The van der Waals surface area contributed by atoms with Crippen molar-refractivity contribution in [2.24, 2.45) is 11.8 Å². The van der Waals surface area contributed by atoms with E-state index >= 15 is 0 Å². The topological polar surface area (TPSA) is 60.9 Å². The lowest BCUT2D eigenvalue weighted by Gasteiger charge is -2.35. The maximum atomic E-state index is 12.4. The summed E-state index contributed by atoms with van der Waals surface area (Å²) in [5, 5.41) is 9.18. The second-order valence-electron chi connectivity index (χ2n) is 5.26. The summed E-state index contributed by atoms with van der Waals surface area (Å²) in [5.74, 6) is 1.43. The van der Waals surface area contributed by atoms with Crippen LogP contribution in [0.3, 0.4) is 0 Å². The Hall–Kier alpha value is -0.910. The van der Waals surface area contributed by atoms with Gasteiger partial charge in [0.1, 0.15) is 6.04 Å². The van der Waals surface area contributed by atoms with Gasteiger partial charge < -0.3 is 14.9 Å². The van der Waals surface area contributed by atoms with E-state index in [2.05, 4.69) is 13.8 Å². The number of urea groups is 1. The molecule has 0 bridgehead atoms. The molecule has 2 fully saturated rings. The van der Waals surface area contributed by atoms with E-state index in [1.807, 2.05) is 0 Å². The number of nitrogens with zero attached hydrogens (tertiary/aromatic N) is 2. The highest BCUT2D eigenvalue weighted by atomic mass is 32.2. The van der Waals surface area contributed by atoms with E-state index in [0.717, 1.165) is 18.8 Å². The van der Waals surface area contributed by atoms with Crippen LogP contribution in [0.1, 0.15) is 13.8 Å². The fourth-order valence-corrected chi connectivity index (χ4v) is 3.54. The molecule has 3 unspecified atom stereocenters. The van der Waals surface area contributed by atoms with Crippen LogP contribution < -0.4 is 0 Å². The van der Waals surface area contributed by atoms with E-state index < -0.39 is 12.0 Å². The molecule has 1 N–H and O–H groups in total. The van der Waals surface area contributed by atoms with Crippen molar-refractivity contribution in [1.29, 1.82) is 0 Å². The van der Waals surface area contributed by atoms with Gasteiger partial charge in [-0.15, -0.1) is 0 Å². The van der Waals surface area contributed by atoms with Crippen molar-refractivity contribution in [3.63, 3.8) is 0 Å². The smallest absolute Gasteiger partial charge is 0.327 e. The molecular weight excluding hydrogens is 252 g/mol. The zero-order valence-electron chi connectivity index (χ0n) is 10.8. The molecule has 0 aromatic rings. The van der Waals surface area contributed by atoms with Crippen molar-refractivity contribution in [2.45, 2.75) is 19.9 Å². The maximum Gasteiger partial charge on any atom is 0.327 e. The largest absolute Gasteiger partial charge is 0.480 e. The summed E-state index contributed by atoms with van der Waals surface area (Å²) < 4.78 is 0. The van der Waals surface area contributed by atoms with Gasteiger partial charge in [-0.3, -0.25) is 0 Å². The summed E-state index contributed by atoms with van der Waals surface area (Å²) in [6, 6.07) is -0.763. The minimum atomic E-state index is -0.893. The van der Waals surface area contributed by atoms with Crippen molar-refractivity contribution in [2.75, 3.05) is 31.1 Å². The highest BCUT2D eigenvalue weighted by molar-refractivity contribution is 7.99. The van der Waals surface area contributed by atoms with Crippen molar-refractivity contribution >= 4 is 23.8 Å². The first-order valence-corrected chi connectivity index (χ1v) is 7.52. The number of carboxylic acids is 1. The Kier molecular flexibility index (Phi) is 4.04. The number of hydrogen-bond donors (Lipinski definition) is 1. The summed E-state index contributed by atoms with van der Waals surface area (Å²) in [5.41, 5.74) is 0. The van der Waals surface area contributed by atoms with Crippen molar-refractivity contribution < 1.29 is 14.7 Å². The lowest BCUT2D eigenvalue weighted by atomic mass is 10.0. The van der Waals surface area contributed by atoms with Crippen LogP contribution in [0.4, 0.5) is 4.79 Å². The molecule has 2 saturated heterocycles. The van der Waals surface area contributed by atoms with Gasteiger partial charge in [-0.05, 0) is 11.8 Å². The van der Waals surface area contributed by atoms with Gasteiger partial charge in [0.15, 0.2) is 0 Å². The third-order valence-corrected chi connectivity index (χ3v) is 4.94. The van der Waals surface area contributed by atoms with Crippen LogP contribution in [0.5, 0.6) is 0 Å². The van der Waals surface area contributed by atoms with Crippen molar-refractivity contribution in [1.82, 2.24) is 9.80 Å². The summed E-state index contributed by atoms with van der Waals surface area (Å²) in [4.78, 5) is 26.9. The van der Waals surface area contributed by atoms with E-state index in [9.17, 15) is 14.7 Å². The Labute approximate surface area is 112 Å². The molecule has 2 aliphatic rings. The van der Waals surface area contributed by atoms with E-state index in [1.54, 1.807) is 16.7 Å². The molecule has 2 aliphatic heterocycles. The molecule has 0 saturated carbocycles. The SMILES string of the molecule is CC1CN(C(=O)N2CCSCC2C(=O)O)CC1C. The zero-order valence-corrected chi connectivity index (χ0v) is 11.7. The second kappa shape index (κ2) is 5.38. The number of amides is 2. The second-order valence-corrected chi connectivity index (χ2v) is 6.41. The normalized spacial score (nSPS) is 32.7. The maximum absolute atomic E-state index is 12.4. The fourth-order valence-electron chi connectivity index (χ4n) is 2.50. The van der Waals surface area contributed by atoms with Gasteiger partial charge in [-0.2, -0.15) is 11.8 Å². The average Bonchev–Trinajstić information content (AvgIpc) is 2.68. The highest BCUT2D eigenvalue weighted by Crippen LogP contribution is 2.25. The van der Waals surface area contributed by atoms with Gasteiger partial charge in [-0.25, -0.2) is 9.59 Å². The van der Waals surface area contributed by atoms with E-state index in [-0.39, 0.29) is 6.03 Å². The first-order valence-electron chi connectivity index (χ1n) is 6.36. The van der Waals surface area contributed by atoms with Crippen LogP contribution in [0.2, 0.25) is 0 Å². The number of hydrogen-bond acceptors (Lipinski definition) is 3. The number of carbonyl (C=O) groups is 2. The van der Waals surface area contributed by atoms with Gasteiger partial charge in [0, 0.05) is 31.1 Å². The molecule has 18 heavy (non-hydrogen) atoms. The molecule has 2 rings (SSSR count). The number of rotatable bonds is 1. The number of aliphatic carboxylic acids is 1. The summed E-state index contributed by atoms with van der Waals surface area (Å²) in [6.45, 7) is 6.31. The number of thioether (sulfide) groups is 1. The molecule has 2 heterocycles. The Balaban J connectivity index is 2.05. The third kappa shape index (κ3) is 2.58. The van der Waals surface area contributed by atoms with Gasteiger partial charge in [0.2, 0.25) is 0 Å². The molecule has 5 nitrogen and oxygen atoms in total. The number of carboxylic acid groups (broad SMARTS) is 1. The van der Waals surface area contributed by atoms with E-state index in [4.69, 9.17) is 0 Å². The van der Waals surface area contributed by atoms with E-state index in [0.29, 0.717) is 24.1 Å². The monoisotopic (exact) mass is 272 g/mol. The molecule has 0 aromatic carbocycles. The standard InChI is InChI=1S/C12H20N2O3S/c1-8-5-13(6-9(8)2)12(17)14-3-4-18-7-10(14)11(15)16/h8-10H,3-7H2,1-2H3,(H,15,16). The van der Waals surface area contributed by atoms with Gasteiger partial charge in [0.25, 0.3) is 0 Å². The van der Waals surface area contributed by atoms with Crippen molar-refractivity contribution in [3.05, 3.63) is 0 Å². The number of carbonyl (C=O) groups excluding carboxylic acids is 1. The average molecular weight is 272 g/mol. The Bertz CT molecular complexity index is 340. The quantitative estimate of drug-likeness (QED) is 0.779. The molecule has 0 aliphatic carbocycles. The Morgan fingerprint density at radius 1 is 1.22 bits per heavy atom. The molecule has 0 radical (unpaired) electrons. The van der Waals surface area contributed by atoms with Crippen molar-refractivity contribution in [3.8, 4) is 0 Å². The van der Waals surface area contributed by atoms with Crippen LogP contribution in [0, 0.1) is 11.8 Å². The van der Waals surface area contributed by atoms with Gasteiger partial charge in [-0.1, -0.05) is 13.8 Å². The van der Waals surface area contributed by atoms with E-state index in [1.165, 1.54) is 4.90 Å². The predicted octanol–water partition coefficient (Wildman–Crippen LogP) is 1.20. The summed E-state index contributed by atoms with van der Waals surface area (Å²) in [6.07, 6.45) is 0. The summed E-state index contributed by atoms with van der Waals surface area (Å²) in [7, 11) is 0. The molecule has 6 heteroatoms. The van der Waals surface area contributed by atoms with Crippen LogP contribution in [-0.4, -0.2) is 64.1 Å². The Morgan fingerprint density at radius 2 is 1.83 bits per heavy atom.